The lowest BCUT2D eigenvalue weighted by Crippen LogP contribution is -2.02. The van der Waals surface area contributed by atoms with Crippen LogP contribution >= 0.6 is 11.8 Å². The predicted molar refractivity (Wildman–Crippen MR) is 89.2 cm³/mol. The molecular weight excluding hydrogens is 278 g/mol. The molecule has 4 heteroatoms. The lowest BCUT2D eigenvalue weighted by molar-refractivity contribution is 0.780. The SMILES string of the molecule is Nc1cccc(-c2nccn2CCSc2ccccc2)c1. The Morgan fingerprint density at radius 3 is 2.71 bits per heavy atom. The van der Waals surface area contributed by atoms with Gasteiger partial charge >= 0.3 is 0 Å². The highest BCUT2D eigenvalue weighted by atomic mass is 32.2. The molecule has 3 rings (SSSR count). The van der Waals surface area contributed by atoms with Crippen LogP contribution in [0.3, 0.4) is 0 Å². The molecule has 0 fully saturated rings. The van der Waals surface area contributed by atoms with Gasteiger partial charge in [-0.15, -0.1) is 11.8 Å². The van der Waals surface area contributed by atoms with Gasteiger partial charge in [-0.3, -0.25) is 0 Å². The lowest BCUT2D eigenvalue weighted by Gasteiger charge is -2.08. The number of anilines is 1. The fraction of sp³-hybridized carbons (Fsp3) is 0.118. The smallest absolute Gasteiger partial charge is 0.139 e. The van der Waals surface area contributed by atoms with E-state index in [9.17, 15) is 0 Å². The van der Waals surface area contributed by atoms with Gasteiger partial charge in [-0.1, -0.05) is 30.3 Å². The standard InChI is InChI=1S/C17H17N3S/c18-15-6-4-5-14(13-15)17-19-9-10-20(17)11-12-21-16-7-2-1-3-8-16/h1-10,13H,11-12,18H2. The second kappa shape index (κ2) is 6.50. The Bertz CT molecular complexity index is 707. The van der Waals surface area contributed by atoms with E-state index in [1.807, 2.05) is 54.5 Å². The normalized spacial score (nSPS) is 10.7. The molecule has 0 aliphatic heterocycles. The molecule has 1 heterocycles. The van der Waals surface area contributed by atoms with E-state index in [4.69, 9.17) is 5.73 Å². The first-order valence-corrected chi connectivity index (χ1v) is 7.86. The zero-order valence-electron chi connectivity index (χ0n) is 11.6. The highest BCUT2D eigenvalue weighted by Gasteiger charge is 2.06. The Balaban J connectivity index is 1.69. The summed E-state index contributed by atoms with van der Waals surface area (Å²) in [6.45, 7) is 0.920. The Morgan fingerprint density at radius 2 is 1.90 bits per heavy atom. The molecule has 106 valence electrons. The number of imidazole rings is 1. The van der Waals surface area contributed by atoms with Gasteiger partial charge in [0, 0.05) is 40.8 Å². The highest BCUT2D eigenvalue weighted by Crippen LogP contribution is 2.22. The van der Waals surface area contributed by atoms with Gasteiger partial charge in [0.15, 0.2) is 0 Å². The largest absolute Gasteiger partial charge is 0.399 e. The van der Waals surface area contributed by atoms with Gasteiger partial charge in [0.05, 0.1) is 0 Å². The van der Waals surface area contributed by atoms with E-state index in [1.54, 1.807) is 0 Å². The van der Waals surface area contributed by atoms with Gasteiger partial charge in [-0.2, -0.15) is 0 Å². The van der Waals surface area contributed by atoms with E-state index in [0.29, 0.717) is 0 Å². The average molecular weight is 295 g/mol. The summed E-state index contributed by atoms with van der Waals surface area (Å²) in [6, 6.07) is 18.3. The van der Waals surface area contributed by atoms with E-state index in [1.165, 1.54) is 4.90 Å². The minimum atomic E-state index is 0.765. The maximum absolute atomic E-state index is 5.85. The third kappa shape index (κ3) is 3.47. The van der Waals surface area contributed by atoms with Crippen molar-refractivity contribution in [3.05, 3.63) is 67.0 Å². The van der Waals surface area contributed by atoms with Crippen molar-refractivity contribution in [2.75, 3.05) is 11.5 Å². The lowest BCUT2D eigenvalue weighted by atomic mass is 10.2. The summed E-state index contributed by atoms with van der Waals surface area (Å²) >= 11 is 1.85. The quantitative estimate of drug-likeness (QED) is 0.573. The number of nitrogen functional groups attached to an aromatic ring is 1. The molecule has 0 unspecified atom stereocenters. The molecule has 21 heavy (non-hydrogen) atoms. The maximum Gasteiger partial charge on any atom is 0.139 e. The Hall–Kier alpha value is -2.20. The molecule has 0 spiro atoms. The fourth-order valence-corrected chi connectivity index (χ4v) is 3.08. The van der Waals surface area contributed by atoms with Gasteiger partial charge in [0.25, 0.3) is 0 Å². The monoisotopic (exact) mass is 295 g/mol. The van der Waals surface area contributed by atoms with Crippen LogP contribution in [0.2, 0.25) is 0 Å². The summed E-state index contributed by atoms with van der Waals surface area (Å²) in [6.07, 6.45) is 3.86. The molecule has 0 radical (unpaired) electrons. The number of hydrogen-bond acceptors (Lipinski definition) is 3. The van der Waals surface area contributed by atoms with Crippen molar-refractivity contribution < 1.29 is 0 Å². The first-order valence-electron chi connectivity index (χ1n) is 6.88. The molecule has 0 atom stereocenters. The number of aryl methyl sites for hydroxylation is 1. The first-order chi connectivity index (χ1) is 10.3. The first kappa shape index (κ1) is 13.8. The molecule has 0 aliphatic carbocycles. The van der Waals surface area contributed by atoms with Crippen molar-refractivity contribution >= 4 is 17.4 Å². The van der Waals surface area contributed by atoms with Crippen molar-refractivity contribution in [3.8, 4) is 11.4 Å². The van der Waals surface area contributed by atoms with Crippen LogP contribution in [-0.2, 0) is 6.54 Å². The summed E-state index contributed by atoms with van der Waals surface area (Å²) < 4.78 is 2.17. The Labute approximate surface area is 128 Å². The van der Waals surface area contributed by atoms with Crippen LogP contribution in [-0.4, -0.2) is 15.3 Å². The number of nitrogens with two attached hydrogens (primary N) is 1. The molecule has 0 saturated heterocycles. The van der Waals surface area contributed by atoms with Crippen molar-refractivity contribution in [2.45, 2.75) is 11.4 Å². The molecule has 3 nitrogen and oxygen atoms in total. The molecule has 0 bridgehead atoms. The third-order valence-electron chi connectivity index (χ3n) is 3.20. The highest BCUT2D eigenvalue weighted by molar-refractivity contribution is 7.99. The van der Waals surface area contributed by atoms with Crippen molar-refractivity contribution in [1.82, 2.24) is 9.55 Å². The molecular formula is C17H17N3S. The van der Waals surface area contributed by atoms with E-state index < -0.39 is 0 Å². The molecule has 0 amide bonds. The van der Waals surface area contributed by atoms with Crippen LogP contribution in [0.25, 0.3) is 11.4 Å². The zero-order chi connectivity index (χ0) is 14.5. The third-order valence-corrected chi connectivity index (χ3v) is 4.20. The number of rotatable bonds is 5. The number of thioether (sulfide) groups is 1. The fourth-order valence-electron chi connectivity index (χ4n) is 2.21. The molecule has 3 aromatic rings. The molecule has 2 N–H and O–H groups in total. The van der Waals surface area contributed by atoms with Gasteiger partial charge in [0.1, 0.15) is 5.82 Å². The van der Waals surface area contributed by atoms with Crippen molar-refractivity contribution in [1.29, 1.82) is 0 Å². The summed E-state index contributed by atoms with van der Waals surface area (Å²) in [5, 5.41) is 0. The molecule has 0 aliphatic rings. The minimum Gasteiger partial charge on any atom is -0.399 e. The van der Waals surface area contributed by atoms with E-state index >= 15 is 0 Å². The average Bonchev–Trinajstić information content (AvgIpc) is 2.97. The number of nitrogens with zero attached hydrogens (tertiary/aromatic N) is 2. The second-order valence-electron chi connectivity index (χ2n) is 4.73. The van der Waals surface area contributed by atoms with Crippen LogP contribution in [0.4, 0.5) is 5.69 Å². The van der Waals surface area contributed by atoms with Crippen LogP contribution in [0.15, 0.2) is 71.9 Å². The van der Waals surface area contributed by atoms with Crippen molar-refractivity contribution in [3.63, 3.8) is 0 Å². The zero-order valence-corrected chi connectivity index (χ0v) is 12.5. The van der Waals surface area contributed by atoms with E-state index in [0.717, 1.165) is 29.4 Å². The number of hydrogen-bond donors (Lipinski definition) is 1. The van der Waals surface area contributed by atoms with Crippen LogP contribution < -0.4 is 5.73 Å². The van der Waals surface area contributed by atoms with Crippen LogP contribution in [0.1, 0.15) is 0 Å². The summed E-state index contributed by atoms with van der Waals surface area (Å²) in [7, 11) is 0. The maximum atomic E-state index is 5.85. The van der Waals surface area contributed by atoms with Crippen LogP contribution in [0, 0.1) is 0 Å². The van der Waals surface area contributed by atoms with E-state index in [2.05, 4.69) is 33.8 Å². The Kier molecular flexibility index (Phi) is 4.26. The number of aromatic nitrogens is 2. The molecule has 1 aromatic heterocycles. The van der Waals surface area contributed by atoms with Crippen LogP contribution in [0.5, 0.6) is 0 Å². The summed E-state index contributed by atoms with van der Waals surface area (Å²) in [4.78, 5) is 5.75. The van der Waals surface area contributed by atoms with Gasteiger partial charge in [-0.05, 0) is 24.3 Å². The van der Waals surface area contributed by atoms with Gasteiger partial charge < -0.3 is 10.3 Å². The van der Waals surface area contributed by atoms with E-state index in [-0.39, 0.29) is 0 Å². The predicted octanol–water partition coefficient (Wildman–Crippen LogP) is 3.92. The summed E-state index contributed by atoms with van der Waals surface area (Å²) in [5.41, 5.74) is 7.67. The second-order valence-corrected chi connectivity index (χ2v) is 5.90. The van der Waals surface area contributed by atoms with Crippen molar-refractivity contribution in [2.24, 2.45) is 0 Å². The summed E-state index contributed by atoms with van der Waals surface area (Å²) in [5.74, 6) is 1.98. The molecule has 2 aromatic carbocycles. The molecule has 0 saturated carbocycles. The minimum absolute atomic E-state index is 0.765. The van der Waals surface area contributed by atoms with Gasteiger partial charge in [0.2, 0.25) is 0 Å². The number of benzene rings is 2. The van der Waals surface area contributed by atoms with Gasteiger partial charge in [-0.25, -0.2) is 4.98 Å². The Morgan fingerprint density at radius 1 is 1.05 bits per heavy atom. The topological polar surface area (TPSA) is 43.8 Å².